The number of fused-ring (bicyclic) bond motifs is 1. The van der Waals surface area contributed by atoms with E-state index in [0.717, 1.165) is 29.0 Å². The van der Waals surface area contributed by atoms with Crippen molar-refractivity contribution < 1.29 is 9.84 Å². The van der Waals surface area contributed by atoms with Gasteiger partial charge in [-0.25, -0.2) is 4.98 Å². The fourth-order valence-corrected chi connectivity index (χ4v) is 3.63. The molecule has 2 aliphatic heterocycles. The molecule has 0 saturated carbocycles. The van der Waals surface area contributed by atoms with Gasteiger partial charge in [-0.3, -0.25) is 9.89 Å². The van der Waals surface area contributed by atoms with Gasteiger partial charge in [0.25, 0.3) is 0 Å². The third kappa shape index (κ3) is 3.22. The van der Waals surface area contributed by atoms with Crippen LogP contribution in [0.15, 0.2) is 35.3 Å². The van der Waals surface area contributed by atoms with Gasteiger partial charge >= 0.3 is 0 Å². The first-order valence-corrected chi connectivity index (χ1v) is 8.88. The van der Waals surface area contributed by atoms with E-state index in [9.17, 15) is 5.11 Å². The summed E-state index contributed by atoms with van der Waals surface area (Å²) in [6.45, 7) is 2.20. The zero-order valence-corrected chi connectivity index (χ0v) is 14.8. The number of alkyl halides is 1. The van der Waals surface area contributed by atoms with Crippen LogP contribution in [0.4, 0.5) is 0 Å². The van der Waals surface area contributed by atoms with Crippen molar-refractivity contribution in [3.8, 4) is 0 Å². The molecule has 0 aliphatic carbocycles. The maximum Gasteiger partial charge on any atom is 0.138 e. The molecule has 1 saturated heterocycles. The molecule has 3 heterocycles. The Labute approximate surface area is 151 Å². The van der Waals surface area contributed by atoms with E-state index in [-0.39, 0.29) is 11.5 Å². The number of nitrogens with zero attached hydrogens (tertiary/aromatic N) is 4. The lowest BCUT2D eigenvalue weighted by Crippen LogP contribution is -2.40. The Morgan fingerprint density at radius 1 is 1.32 bits per heavy atom. The summed E-state index contributed by atoms with van der Waals surface area (Å²) >= 11 is 6.52. The number of para-hydroxylation sites is 2. The second-order valence-corrected chi connectivity index (χ2v) is 6.91. The Morgan fingerprint density at radius 2 is 2.16 bits per heavy atom. The molecule has 3 unspecified atom stereocenters. The topological polar surface area (TPSA) is 62.9 Å². The quantitative estimate of drug-likeness (QED) is 0.827. The number of dihydropyridines is 1. The molecule has 0 bridgehead atoms. The number of aliphatic hydroxyl groups is 1. The Kier molecular flexibility index (Phi) is 4.60. The number of allylic oxidation sites excluding steroid dienone is 1. The number of aliphatic imine (C=N–C) groups is 1. The van der Waals surface area contributed by atoms with Crippen molar-refractivity contribution in [2.24, 2.45) is 12.0 Å². The van der Waals surface area contributed by atoms with Crippen LogP contribution in [0.3, 0.4) is 0 Å². The lowest BCUT2D eigenvalue weighted by Gasteiger charge is -2.29. The molecular weight excluding hydrogens is 340 g/mol. The summed E-state index contributed by atoms with van der Waals surface area (Å²) < 4.78 is 7.48. The van der Waals surface area contributed by atoms with Crippen LogP contribution in [0.1, 0.15) is 5.82 Å². The lowest BCUT2D eigenvalue weighted by molar-refractivity contribution is 0.0556. The molecule has 0 spiro atoms. The van der Waals surface area contributed by atoms with E-state index in [4.69, 9.17) is 21.3 Å². The number of β-amino-alcohol motifs (C(OH)–C–C–N with tert-alkyl or cyclic N) is 1. The van der Waals surface area contributed by atoms with E-state index in [1.807, 2.05) is 31.3 Å². The standard InChI is InChI=1S/C18H21ClN4O2/c1-22-16-5-3-2-4-15(16)21-18(22)13-8-17(20-9-14(13)19)23-6-7-25-11-12(24)10-23/h2-5,8-9,12,14,17,24H,6-7,10-11H2,1H3. The highest BCUT2D eigenvalue weighted by Crippen LogP contribution is 2.28. The average Bonchev–Trinajstić information content (AvgIpc) is 2.79. The zero-order valence-electron chi connectivity index (χ0n) is 14.0. The van der Waals surface area contributed by atoms with Crippen molar-refractivity contribution >= 4 is 34.4 Å². The fraction of sp³-hybridized carbons (Fsp3) is 0.444. The van der Waals surface area contributed by atoms with Crippen LogP contribution in [0.5, 0.6) is 0 Å². The van der Waals surface area contributed by atoms with Crippen molar-refractivity contribution in [2.75, 3.05) is 26.3 Å². The second kappa shape index (κ2) is 6.88. The molecule has 2 aliphatic rings. The highest BCUT2D eigenvalue weighted by atomic mass is 35.5. The van der Waals surface area contributed by atoms with Crippen LogP contribution < -0.4 is 0 Å². The minimum Gasteiger partial charge on any atom is -0.389 e. The number of benzene rings is 1. The molecule has 0 radical (unpaired) electrons. The molecule has 1 aromatic heterocycles. The summed E-state index contributed by atoms with van der Waals surface area (Å²) in [5.41, 5.74) is 2.96. The number of ether oxygens (including phenoxy) is 1. The molecule has 1 fully saturated rings. The molecule has 0 amide bonds. The van der Waals surface area contributed by atoms with Gasteiger partial charge in [-0.05, 0) is 18.2 Å². The highest BCUT2D eigenvalue weighted by Gasteiger charge is 2.28. The maximum atomic E-state index is 9.98. The molecule has 7 heteroatoms. The largest absolute Gasteiger partial charge is 0.389 e. The summed E-state index contributed by atoms with van der Waals surface area (Å²) in [5.74, 6) is 0.851. The molecular formula is C18H21ClN4O2. The van der Waals surface area contributed by atoms with Crippen LogP contribution in [0.2, 0.25) is 0 Å². The number of imidazole rings is 1. The van der Waals surface area contributed by atoms with Gasteiger partial charge in [-0.1, -0.05) is 12.1 Å². The van der Waals surface area contributed by atoms with Crippen LogP contribution in [0.25, 0.3) is 16.6 Å². The van der Waals surface area contributed by atoms with Crippen molar-refractivity contribution in [1.82, 2.24) is 14.5 Å². The number of aryl methyl sites for hydroxylation is 1. The average molecular weight is 361 g/mol. The minimum absolute atomic E-state index is 0.166. The van der Waals surface area contributed by atoms with E-state index >= 15 is 0 Å². The van der Waals surface area contributed by atoms with Crippen molar-refractivity contribution in [1.29, 1.82) is 0 Å². The SMILES string of the molecule is Cn1c(C2=CC(N3CCOCC(O)C3)N=CC2Cl)nc2ccccc21. The van der Waals surface area contributed by atoms with E-state index < -0.39 is 6.10 Å². The molecule has 1 aromatic carbocycles. The summed E-state index contributed by atoms with van der Waals surface area (Å²) in [5, 5.41) is 9.66. The van der Waals surface area contributed by atoms with E-state index in [1.165, 1.54) is 0 Å². The molecule has 2 aromatic rings. The molecule has 1 N–H and O–H groups in total. The van der Waals surface area contributed by atoms with Gasteiger partial charge in [0.2, 0.25) is 0 Å². The van der Waals surface area contributed by atoms with Crippen LogP contribution in [-0.4, -0.2) is 69.7 Å². The number of rotatable bonds is 2. The third-order valence-corrected chi connectivity index (χ3v) is 5.04. The second-order valence-electron chi connectivity index (χ2n) is 6.44. The van der Waals surface area contributed by atoms with E-state index in [2.05, 4.69) is 20.5 Å². The Hall–Kier alpha value is -1.73. The van der Waals surface area contributed by atoms with Crippen molar-refractivity contribution in [3.63, 3.8) is 0 Å². The van der Waals surface area contributed by atoms with Gasteiger partial charge < -0.3 is 14.4 Å². The highest BCUT2D eigenvalue weighted by molar-refractivity contribution is 6.34. The van der Waals surface area contributed by atoms with Gasteiger partial charge in [-0.2, -0.15) is 0 Å². The van der Waals surface area contributed by atoms with Gasteiger partial charge in [0, 0.05) is 31.9 Å². The monoisotopic (exact) mass is 360 g/mol. The predicted octanol–water partition coefficient (Wildman–Crippen LogP) is 1.67. The van der Waals surface area contributed by atoms with Crippen LogP contribution >= 0.6 is 11.6 Å². The minimum atomic E-state index is -0.501. The first-order chi connectivity index (χ1) is 12.1. The number of aliphatic hydroxyl groups excluding tert-OH is 1. The number of hydrogen-bond donors (Lipinski definition) is 1. The smallest absolute Gasteiger partial charge is 0.138 e. The van der Waals surface area contributed by atoms with Crippen molar-refractivity contribution in [3.05, 3.63) is 36.2 Å². The molecule has 4 rings (SSSR count). The summed E-state index contributed by atoms with van der Waals surface area (Å²) in [6.07, 6.45) is 3.15. The van der Waals surface area contributed by atoms with Gasteiger partial charge in [0.05, 0.1) is 35.7 Å². The summed E-state index contributed by atoms with van der Waals surface area (Å²) in [4.78, 5) is 11.4. The number of hydrogen-bond acceptors (Lipinski definition) is 5. The normalized spacial score (nSPS) is 28.1. The van der Waals surface area contributed by atoms with E-state index in [0.29, 0.717) is 19.8 Å². The Balaban J connectivity index is 1.69. The molecule has 132 valence electrons. The third-order valence-electron chi connectivity index (χ3n) is 4.69. The molecule has 25 heavy (non-hydrogen) atoms. The number of aromatic nitrogens is 2. The first-order valence-electron chi connectivity index (χ1n) is 8.44. The summed E-state index contributed by atoms with van der Waals surface area (Å²) in [7, 11) is 2.00. The zero-order chi connectivity index (χ0) is 17.4. The van der Waals surface area contributed by atoms with Gasteiger partial charge in [-0.15, -0.1) is 11.6 Å². The first kappa shape index (κ1) is 16.7. The molecule has 3 atom stereocenters. The van der Waals surface area contributed by atoms with Crippen LogP contribution in [-0.2, 0) is 11.8 Å². The predicted molar refractivity (Wildman–Crippen MR) is 99.0 cm³/mol. The summed E-state index contributed by atoms with van der Waals surface area (Å²) in [6, 6.07) is 8.03. The Bertz CT molecular complexity index is 832. The van der Waals surface area contributed by atoms with Gasteiger partial charge in [0.15, 0.2) is 0 Å². The van der Waals surface area contributed by atoms with E-state index in [1.54, 1.807) is 6.21 Å². The fourth-order valence-electron chi connectivity index (χ4n) is 3.40. The molecule has 6 nitrogen and oxygen atoms in total. The van der Waals surface area contributed by atoms with Crippen LogP contribution in [0, 0.1) is 0 Å². The maximum absolute atomic E-state index is 9.98. The lowest BCUT2D eigenvalue weighted by atomic mass is 10.1. The van der Waals surface area contributed by atoms with Gasteiger partial charge in [0.1, 0.15) is 12.0 Å². The van der Waals surface area contributed by atoms with Crippen molar-refractivity contribution in [2.45, 2.75) is 17.6 Å². The Morgan fingerprint density at radius 3 is 3.00 bits per heavy atom. The number of halogens is 1.